The molecule has 1 aromatic carbocycles. The molecule has 0 saturated carbocycles. The third-order valence-corrected chi connectivity index (χ3v) is 5.45. The molecule has 0 amide bonds. The van der Waals surface area contributed by atoms with Crippen LogP contribution < -0.4 is 4.90 Å². The summed E-state index contributed by atoms with van der Waals surface area (Å²) in [5.74, 6) is 0. The van der Waals surface area contributed by atoms with Gasteiger partial charge in [0, 0.05) is 24.0 Å². The van der Waals surface area contributed by atoms with Gasteiger partial charge >= 0.3 is 0 Å². The first kappa shape index (κ1) is 17.4. The van der Waals surface area contributed by atoms with Crippen LogP contribution in [0.5, 0.6) is 0 Å². The highest BCUT2D eigenvalue weighted by Crippen LogP contribution is 2.43. The molecule has 0 unspecified atom stereocenters. The predicted molar refractivity (Wildman–Crippen MR) is 109 cm³/mol. The van der Waals surface area contributed by atoms with E-state index in [9.17, 15) is 4.39 Å². The SMILES string of the molecule is CCCc1cc(N2Cc3ccnn3[C@@H](C)C2)ccc1C(F)(I)I. The van der Waals surface area contributed by atoms with Gasteiger partial charge in [0.05, 0.1) is 18.3 Å². The van der Waals surface area contributed by atoms with Gasteiger partial charge in [-0.3, -0.25) is 4.68 Å². The molecule has 0 spiro atoms. The fraction of sp³-hybridized carbons (Fsp3) is 0.471. The molecular weight excluding hydrogens is 519 g/mol. The summed E-state index contributed by atoms with van der Waals surface area (Å²) in [5.41, 5.74) is 4.31. The first-order valence-corrected chi connectivity index (χ1v) is 10.0. The summed E-state index contributed by atoms with van der Waals surface area (Å²) >= 11 is 3.74. The maximum absolute atomic E-state index is 14.4. The lowest BCUT2D eigenvalue weighted by Crippen LogP contribution is -2.36. The first-order valence-electron chi connectivity index (χ1n) is 7.87. The molecule has 124 valence electrons. The van der Waals surface area contributed by atoms with E-state index in [-0.39, 0.29) is 0 Å². The van der Waals surface area contributed by atoms with Crippen LogP contribution in [-0.2, 0) is 14.6 Å². The van der Waals surface area contributed by atoms with E-state index in [4.69, 9.17) is 0 Å². The maximum Gasteiger partial charge on any atom is 0.235 e. The average Bonchev–Trinajstić information content (AvgIpc) is 2.95. The molecule has 23 heavy (non-hydrogen) atoms. The zero-order valence-electron chi connectivity index (χ0n) is 13.3. The lowest BCUT2D eigenvalue weighted by molar-refractivity contribution is 0.426. The van der Waals surface area contributed by atoms with E-state index in [1.807, 2.05) is 57.4 Å². The number of nitrogens with zero attached hydrogens (tertiary/aromatic N) is 3. The molecule has 3 nitrogen and oxygen atoms in total. The van der Waals surface area contributed by atoms with Crippen LogP contribution in [0.25, 0.3) is 0 Å². The minimum atomic E-state index is -1.35. The Morgan fingerprint density at radius 2 is 2.13 bits per heavy atom. The molecule has 2 aromatic rings. The molecule has 0 aliphatic carbocycles. The zero-order chi connectivity index (χ0) is 16.6. The molecule has 0 saturated heterocycles. The van der Waals surface area contributed by atoms with Gasteiger partial charge in [-0.15, -0.1) is 0 Å². The molecule has 6 heteroatoms. The number of hydrogen-bond donors (Lipinski definition) is 0. The van der Waals surface area contributed by atoms with Gasteiger partial charge in [-0.05, 0) is 82.3 Å². The van der Waals surface area contributed by atoms with Crippen LogP contribution in [0, 0.1) is 0 Å². The van der Waals surface area contributed by atoms with Crippen molar-refractivity contribution >= 4 is 50.9 Å². The lowest BCUT2D eigenvalue weighted by atomic mass is 10.0. The van der Waals surface area contributed by atoms with Crippen molar-refractivity contribution in [3.63, 3.8) is 0 Å². The van der Waals surface area contributed by atoms with Gasteiger partial charge in [0.2, 0.25) is 1.68 Å². The van der Waals surface area contributed by atoms with Crippen LogP contribution in [-0.4, -0.2) is 16.3 Å². The highest BCUT2D eigenvalue weighted by atomic mass is 127. The summed E-state index contributed by atoms with van der Waals surface area (Å²) in [6.07, 6.45) is 3.79. The predicted octanol–water partition coefficient (Wildman–Crippen LogP) is 5.37. The van der Waals surface area contributed by atoms with Crippen molar-refractivity contribution in [2.45, 2.75) is 41.0 Å². The minimum absolute atomic E-state index is 0.345. The zero-order valence-corrected chi connectivity index (χ0v) is 17.6. The Labute approximate surface area is 163 Å². The van der Waals surface area contributed by atoms with Crippen molar-refractivity contribution in [3.05, 3.63) is 47.3 Å². The second-order valence-corrected chi connectivity index (χ2v) is 11.1. The Kier molecular flexibility index (Phi) is 5.20. The molecule has 2 heterocycles. The molecule has 1 aliphatic rings. The molecule has 1 aliphatic heterocycles. The molecule has 0 radical (unpaired) electrons. The normalized spacial score (nSPS) is 18.1. The molecule has 0 N–H and O–H groups in total. The van der Waals surface area contributed by atoms with E-state index in [1.165, 1.54) is 11.4 Å². The van der Waals surface area contributed by atoms with Crippen LogP contribution in [0.15, 0.2) is 30.5 Å². The first-order chi connectivity index (χ1) is 10.9. The molecular formula is C17H20FI2N3. The highest BCUT2D eigenvalue weighted by molar-refractivity contribution is 14.2. The van der Waals surface area contributed by atoms with Crippen molar-refractivity contribution in [2.75, 3.05) is 11.4 Å². The number of rotatable bonds is 4. The number of hydrogen-bond acceptors (Lipinski definition) is 2. The van der Waals surface area contributed by atoms with Crippen molar-refractivity contribution < 1.29 is 4.39 Å². The van der Waals surface area contributed by atoms with Crippen molar-refractivity contribution in [1.29, 1.82) is 0 Å². The standard InChI is InChI=1S/C17H20FI2N3/c1-3-4-13-9-14(5-6-16(13)17(18,19)20)22-10-12(2)23-15(11-22)7-8-21-23/h5-9,12H,3-4,10-11H2,1-2H3/t12-/m0/s1. The fourth-order valence-electron chi connectivity index (χ4n) is 3.25. The van der Waals surface area contributed by atoms with Crippen molar-refractivity contribution in [3.8, 4) is 0 Å². The molecule has 1 atom stereocenters. The van der Waals surface area contributed by atoms with Crippen LogP contribution >= 0.6 is 45.2 Å². The second kappa shape index (κ2) is 6.85. The van der Waals surface area contributed by atoms with Gasteiger partial charge in [0.15, 0.2) is 0 Å². The van der Waals surface area contributed by atoms with E-state index in [0.717, 1.165) is 37.1 Å². The Morgan fingerprint density at radius 3 is 2.83 bits per heavy atom. The van der Waals surface area contributed by atoms with Gasteiger partial charge < -0.3 is 4.90 Å². The monoisotopic (exact) mass is 539 g/mol. The van der Waals surface area contributed by atoms with Gasteiger partial charge in [-0.1, -0.05) is 19.4 Å². The number of benzene rings is 1. The Bertz CT molecular complexity index is 693. The lowest BCUT2D eigenvalue weighted by Gasteiger charge is -2.34. The van der Waals surface area contributed by atoms with Gasteiger partial charge in [-0.2, -0.15) is 5.10 Å². The van der Waals surface area contributed by atoms with E-state index in [1.54, 1.807) is 0 Å². The second-order valence-electron chi connectivity index (χ2n) is 6.09. The van der Waals surface area contributed by atoms with Crippen LogP contribution in [0.3, 0.4) is 0 Å². The Hall–Kier alpha value is -0.380. The summed E-state index contributed by atoms with van der Waals surface area (Å²) in [5, 5.41) is 4.40. The van der Waals surface area contributed by atoms with Crippen molar-refractivity contribution in [1.82, 2.24) is 9.78 Å². The van der Waals surface area contributed by atoms with Crippen LogP contribution in [0.1, 0.15) is 43.1 Å². The maximum atomic E-state index is 14.4. The largest absolute Gasteiger partial charge is 0.363 e. The number of aryl methyl sites for hydroxylation is 1. The van der Waals surface area contributed by atoms with Gasteiger partial charge in [-0.25, -0.2) is 4.39 Å². The van der Waals surface area contributed by atoms with Crippen LogP contribution in [0.4, 0.5) is 10.1 Å². The molecule has 1 aromatic heterocycles. The number of fused-ring (bicyclic) bond motifs is 1. The van der Waals surface area contributed by atoms with E-state index >= 15 is 0 Å². The summed E-state index contributed by atoms with van der Waals surface area (Å²) in [4.78, 5) is 2.37. The summed E-state index contributed by atoms with van der Waals surface area (Å²) in [7, 11) is 0. The highest BCUT2D eigenvalue weighted by Gasteiger charge is 2.28. The summed E-state index contributed by atoms with van der Waals surface area (Å²) in [6.45, 7) is 6.10. The van der Waals surface area contributed by atoms with E-state index in [0.29, 0.717) is 6.04 Å². The number of anilines is 1. The van der Waals surface area contributed by atoms with E-state index < -0.39 is 1.68 Å². The minimum Gasteiger partial charge on any atom is -0.363 e. The fourth-order valence-corrected chi connectivity index (χ4v) is 4.30. The Balaban J connectivity index is 1.93. The summed E-state index contributed by atoms with van der Waals surface area (Å²) < 4.78 is 15.2. The number of aromatic nitrogens is 2. The topological polar surface area (TPSA) is 21.1 Å². The van der Waals surface area contributed by atoms with Crippen LogP contribution in [0.2, 0.25) is 0 Å². The summed E-state index contributed by atoms with van der Waals surface area (Å²) in [6, 6.07) is 8.60. The molecule has 3 rings (SSSR count). The third kappa shape index (κ3) is 3.67. The third-order valence-electron chi connectivity index (χ3n) is 4.29. The quantitative estimate of drug-likeness (QED) is 0.385. The number of alkyl halides is 3. The Morgan fingerprint density at radius 1 is 1.35 bits per heavy atom. The van der Waals surface area contributed by atoms with Gasteiger partial charge in [0.25, 0.3) is 0 Å². The molecule has 0 fully saturated rings. The van der Waals surface area contributed by atoms with Gasteiger partial charge in [0.1, 0.15) is 0 Å². The van der Waals surface area contributed by atoms with E-state index in [2.05, 4.69) is 46.7 Å². The molecule has 0 bridgehead atoms. The average molecular weight is 539 g/mol. The van der Waals surface area contributed by atoms with Crippen molar-refractivity contribution in [2.24, 2.45) is 0 Å². The smallest absolute Gasteiger partial charge is 0.235 e. The number of halogens is 3.